The first-order valence-corrected chi connectivity index (χ1v) is 5.06. The first-order chi connectivity index (χ1) is 8.17. The van der Waals surface area contributed by atoms with E-state index >= 15 is 0 Å². The van der Waals surface area contributed by atoms with Gasteiger partial charge < -0.3 is 9.84 Å². The third kappa shape index (κ3) is 1.87. The Morgan fingerprint density at radius 2 is 2.41 bits per heavy atom. The minimum atomic E-state index is -0.296. The molecule has 2 heterocycles. The van der Waals surface area contributed by atoms with Gasteiger partial charge in [0.25, 0.3) is 5.56 Å². The Labute approximate surface area is 97.6 Å². The normalized spacial score (nSPS) is 10.4. The summed E-state index contributed by atoms with van der Waals surface area (Å²) in [6.07, 6.45) is 3.40. The number of ether oxygens (including phenoxy) is 1. The summed E-state index contributed by atoms with van der Waals surface area (Å²) in [4.78, 5) is 16.0. The molecule has 0 saturated heterocycles. The van der Waals surface area contributed by atoms with Crippen molar-refractivity contribution in [3.05, 3.63) is 46.9 Å². The molecule has 1 N–H and O–H groups in total. The van der Waals surface area contributed by atoms with E-state index in [0.29, 0.717) is 11.4 Å². The van der Waals surface area contributed by atoms with Crippen molar-refractivity contribution in [2.45, 2.75) is 6.42 Å². The monoisotopic (exact) mass is 232 g/mol. The van der Waals surface area contributed by atoms with E-state index in [0.717, 1.165) is 0 Å². The van der Waals surface area contributed by atoms with E-state index in [4.69, 9.17) is 4.74 Å². The molecule has 0 atom stereocenters. The molecule has 5 heteroatoms. The number of hydrogen-bond donors (Lipinski definition) is 1. The smallest absolute Gasteiger partial charge is 0.265 e. The standard InChI is InChI=1S/C12H12N2O3/c1-3-4-9-11(15)13-10-7-8(17-2)5-6-14(10)12(9)16/h3,5-7,15H,1,4H2,2H3. The summed E-state index contributed by atoms with van der Waals surface area (Å²) >= 11 is 0. The summed E-state index contributed by atoms with van der Waals surface area (Å²) < 4.78 is 6.39. The lowest BCUT2D eigenvalue weighted by Gasteiger charge is -2.06. The van der Waals surface area contributed by atoms with Crippen molar-refractivity contribution in [1.29, 1.82) is 0 Å². The molecule has 17 heavy (non-hydrogen) atoms. The number of pyridine rings is 1. The van der Waals surface area contributed by atoms with Crippen LogP contribution >= 0.6 is 0 Å². The fourth-order valence-electron chi connectivity index (χ4n) is 1.59. The van der Waals surface area contributed by atoms with Gasteiger partial charge in [-0.1, -0.05) is 6.08 Å². The van der Waals surface area contributed by atoms with E-state index in [2.05, 4.69) is 11.6 Å². The maximum Gasteiger partial charge on any atom is 0.265 e. The number of rotatable bonds is 3. The molecular weight excluding hydrogens is 220 g/mol. The molecule has 0 bridgehead atoms. The minimum absolute atomic E-state index is 0.239. The first-order valence-electron chi connectivity index (χ1n) is 5.06. The highest BCUT2D eigenvalue weighted by Crippen LogP contribution is 2.16. The SMILES string of the molecule is C=CCc1c(O)nc2cc(OC)ccn2c1=O. The Kier molecular flexibility index (Phi) is 2.82. The van der Waals surface area contributed by atoms with Gasteiger partial charge in [0.05, 0.1) is 12.7 Å². The highest BCUT2D eigenvalue weighted by Gasteiger charge is 2.10. The molecule has 0 spiro atoms. The summed E-state index contributed by atoms with van der Waals surface area (Å²) in [5.41, 5.74) is 0.289. The first kappa shape index (κ1) is 11.2. The zero-order chi connectivity index (χ0) is 12.4. The van der Waals surface area contributed by atoms with Crippen molar-refractivity contribution in [2.24, 2.45) is 0 Å². The second-order valence-corrected chi connectivity index (χ2v) is 3.51. The molecule has 0 aromatic carbocycles. The fourth-order valence-corrected chi connectivity index (χ4v) is 1.59. The van der Waals surface area contributed by atoms with Crippen LogP contribution < -0.4 is 10.3 Å². The number of fused-ring (bicyclic) bond motifs is 1. The van der Waals surface area contributed by atoms with Crippen LogP contribution in [0.15, 0.2) is 35.8 Å². The third-order valence-corrected chi connectivity index (χ3v) is 2.46. The Morgan fingerprint density at radius 3 is 3.06 bits per heavy atom. The maximum absolute atomic E-state index is 12.0. The maximum atomic E-state index is 12.0. The van der Waals surface area contributed by atoms with Crippen molar-refractivity contribution in [1.82, 2.24) is 9.38 Å². The largest absolute Gasteiger partial charge is 0.497 e. The summed E-state index contributed by atoms with van der Waals surface area (Å²) in [7, 11) is 1.52. The van der Waals surface area contributed by atoms with Crippen LogP contribution in [-0.4, -0.2) is 21.6 Å². The number of aromatic nitrogens is 2. The number of methoxy groups -OCH3 is 1. The quantitative estimate of drug-likeness (QED) is 0.806. The predicted octanol–water partition coefficient (Wildman–Crippen LogP) is 1.14. The average Bonchev–Trinajstić information content (AvgIpc) is 2.33. The number of hydrogen-bond acceptors (Lipinski definition) is 4. The molecule has 2 aromatic rings. The van der Waals surface area contributed by atoms with Crippen LogP contribution in [0, 0.1) is 0 Å². The van der Waals surface area contributed by atoms with Gasteiger partial charge in [0.1, 0.15) is 11.4 Å². The van der Waals surface area contributed by atoms with Gasteiger partial charge in [-0.25, -0.2) is 0 Å². The molecule has 2 aromatic heterocycles. The Morgan fingerprint density at radius 1 is 1.65 bits per heavy atom. The third-order valence-electron chi connectivity index (χ3n) is 2.46. The van der Waals surface area contributed by atoms with Gasteiger partial charge in [-0.3, -0.25) is 9.20 Å². The molecular formula is C12H12N2O3. The summed E-state index contributed by atoms with van der Waals surface area (Å²) in [6, 6.07) is 3.24. The summed E-state index contributed by atoms with van der Waals surface area (Å²) in [5.74, 6) is 0.316. The van der Waals surface area contributed by atoms with Gasteiger partial charge in [-0.2, -0.15) is 4.98 Å². The van der Waals surface area contributed by atoms with Crippen molar-refractivity contribution in [2.75, 3.05) is 7.11 Å². The lowest BCUT2D eigenvalue weighted by Crippen LogP contribution is -2.19. The van der Waals surface area contributed by atoms with E-state index in [1.807, 2.05) is 0 Å². The molecule has 0 saturated carbocycles. The highest BCUT2D eigenvalue weighted by atomic mass is 16.5. The van der Waals surface area contributed by atoms with E-state index in [1.54, 1.807) is 24.4 Å². The van der Waals surface area contributed by atoms with Crippen LogP contribution in [0.4, 0.5) is 0 Å². The summed E-state index contributed by atoms with van der Waals surface area (Å²) in [6.45, 7) is 3.54. The van der Waals surface area contributed by atoms with Gasteiger partial charge in [-0.15, -0.1) is 6.58 Å². The van der Waals surface area contributed by atoms with Gasteiger partial charge in [0.2, 0.25) is 5.88 Å². The van der Waals surface area contributed by atoms with Crippen LogP contribution in [0.3, 0.4) is 0 Å². The zero-order valence-corrected chi connectivity index (χ0v) is 9.38. The average molecular weight is 232 g/mol. The Bertz CT molecular complexity index is 631. The van der Waals surface area contributed by atoms with Crippen LogP contribution in [0.1, 0.15) is 5.56 Å². The molecule has 0 unspecified atom stereocenters. The minimum Gasteiger partial charge on any atom is -0.497 e. The van der Waals surface area contributed by atoms with Crippen molar-refractivity contribution < 1.29 is 9.84 Å². The Hall–Kier alpha value is -2.30. The van der Waals surface area contributed by atoms with Gasteiger partial charge >= 0.3 is 0 Å². The topological polar surface area (TPSA) is 63.8 Å². The van der Waals surface area contributed by atoms with Crippen LogP contribution in [-0.2, 0) is 6.42 Å². The molecule has 0 radical (unpaired) electrons. The van der Waals surface area contributed by atoms with Gasteiger partial charge in [-0.05, 0) is 6.07 Å². The molecule has 0 aliphatic carbocycles. The van der Waals surface area contributed by atoms with Crippen molar-refractivity contribution in [3.63, 3.8) is 0 Å². The molecule has 2 rings (SSSR count). The van der Waals surface area contributed by atoms with E-state index < -0.39 is 0 Å². The van der Waals surface area contributed by atoms with Crippen LogP contribution in [0.25, 0.3) is 5.65 Å². The second kappa shape index (κ2) is 4.29. The molecule has 0 aliphatic heterocycles. The Balaban J connectivity index is 2.76. The van der Waals surface area contributed by atoms with Gasteiger partial charge in [0, 0.05) is 18.7 Å². The second-order valence-electron chi connectivity index (χ2n) is 3.51. The van der Waals surface area contributed by atoms with E-state index in [-0.39, 0.29) is 23.4 Å². The van der Waals surface area contributed by atoms with Gasteiger partial charge in [0.15, 0.2) is 0 Å². The lowest BCUT2D eigenvalue weighted by molar-refractivity contribution is 0.414. The lowest BCUT2D eigenvalue weighted by atomic mass is 10.2. The van der Waals surface area contributed by atoms with E-state index in [9.17, 15) is 9.90 Å². The molecule has 5 nitrogen and oxygen atoms in total. The van der Waals surface area contributed by atoms with E-state index in [1.165, 1.54) is 11.5 Å². The number of allylic oxidation sites excluding steroid dienone is 1. The predicted molar refractivity (Wildman–Crippen MR) is 63.6 cm³/mol. The zero-order valence-electron chi connectivity index (χ0n) is 9.38. The number of aromatic hydroxyl groups is 1. The molecule has 0 aliphatic rings. The molecule has 88 valence electrons. The molecule has 0 fully saturated rings. The fraction of sp³-hybridized carbons (Fsp3) is 0.167. The van der Waals surface area contributed by atoms with Crippen molar-refractivity contribution >= 4 is 5.65 Å². The molecule has 0 amide bonds. The highest BCUT2D eigenvalue weighted by molar-refractivity contribution is 5.47. The van der Waals surface area contributed by atoms with Crippen LogP contribution in [0.5, 0.6) is 11.6 Å². The number of nitrogens with zero attached hydrogens (tertiary/aromatic N) is 2. The van der Waals surface area contributed by atoms with Crippen LogP contribution in [0.2, 0.25) is 0 Å². The van der Waals surface area contributed by atoms with Crippen molar-refractivity contribution in [3.8, 4) is 11.6 Å². The summed E-state index contributed by atoms with van der Waals surface area (Å²) in [5, 5.41) is 9.67.